The molecule has 0 aromatic heterocycles. The molecular formula is C19H28N2O3. The molecule has 1 amide bonds. The Bertz CT molecular complexity index is 523. The molecular weight excluding hydrogens is 304 g/mol. The molecule has 0 spiro atoms. The van der Waals surface area contributed by atoms with E-state index in [0.717, 1.165) is 57.9 Å². The number of nitrogens with zero attached hydrogens (tertiary/aromatic N) is 2. The van der Waals surface area contributed by atoms with E-state index in [-0.39, 0.29) is 12.0 Å². The first-order valence-corrected chi connectivity index (χ1v) is 8.91. The van der Waals surface area contributed by atoms with Gasteiger partial charge < -0.3 is 14.4 Å². The van der Waals surface area contributed by atoms with Crippen molar-refractivity contribution >= 4 is 5.91 Å². The highest BCUT2D eigenvalue weighted by molar-refractivity contribution is 5.78. The van der Waals surface area contributed by atoms with Crippen molar-refractivity contribution in [3.05, 3.63) is 35.9 Å². The zero-order valence-electron chi connectivity index (χ0n) is 14.5. The number of rotatable bonds is 5. The van der Waals surface area contributed by atoms with E-state index in [0.29, 0.717) is 12.3 Å². The molecule has 2 aliphatic rings. The molecule has 2 aliphatic heterocycles. The largest absolute Gasteiger partial charge is 0.383 e. The first-order chi connectivity index (χ1) is 11.8. The standard InChI is InChI=1S/C19H28N2O3/c1-23-11-9-20-10-12-24-18-15-21(8-7-17(18)14-20)19(22)13-16-5-3-2-4-6-16/h2-6,17-18H,7-15H2,1H3/t17-,18-/m0/s1. The topological polar surface area (TPSA) is 42.0 Å². The van der Waals surface area contributed by atoms with Gasteiger partial charge in [0.05, 0.1) is 25.7 Å². The van der Waals surface area contributed by atoms with Gasteiger partial charge in [0, 0.05) is 45.8 Å². The molecule has 0 aliphatic carbocycles. The smallest absolute Gasteiger partial charge is 0.227 e. The Hall–Kier alpha value is -1.43. The van der Waals surface area contributed by atoms with Gasteiger partial charge in [0.1, 0.15) is 0 Å². The molecule has 3 rings (SSSR count). The van der Waals surface area contributed by atoms with Crippen LogP contribution < -0.4 is 0 Å². The van der Waals surface area contributed by atoms with Crippen molar-refractivity contribution in [2.45, 2.75) is 18.9 Å². The van der Waals surface area contributed by atoms with Crippen LogP contribution >= 0.6 is 0 Å². The van der Waals surface area contributed by atoms with Gasteiger partial charge in [0.2, 0.25) is 5.91 Å². The van der Waals surface area contributed by atoms with Gasteiger partial charge in [-0.25, -0.2) is 0 Å². The average Bonchev–Trinajstić information content (AvgIpc) is 2.82. The summed E-state index contributed by atoms with van der Waals surface area (Å²) in [6.07, 6.45) is 1.68. The quantitative estimate of drug-likeness (QED) is 0.818. The molecule has 1 aromatic rings. The Morgan fingerprint density at radius 3 is 2.88 bits per heavy atom. The highest BCUT2D eigenvalue weighted by Gasteiger charge is 2.34. The Morgan fingerprint density at radius 1 is 1.25 bits per heavy atom. The molecule has 5 nitrogen and oxygen atoms in total. The third-order valence-corrected chi connectivity index (χ3v) is 5.09. The van der Waals surface area contributed by atoms with E-state index in [1.165, 1.54) is 0 Å². The SMILES string of the molecule is COCCN1CCO[C@H]2CN(C(=O)Cc3ccccc3)CC[C@H]2C1. The van der Waals surface area contributed by atoms with Crippen LogP contribution in [-0.2, 0) is 20.7 Å². The summed E-state index contributed by atoms with van der Waals surface area (Å²) in [6.45, 7) is 6.04. The summed E-state index contributed by atoms with van der Waals surface area (Å²) in [4.78, 5) is 17.0. The average molecular weight is 332 g/mol. The van der Waals surface area contributed by atoms with Gasteiger partial charge in [-0.2, -0.15) is 0 Å². The van der Waals surface area contributed by atoms with Crippen LogP contribution in [0.1, 0.15) is 12.0 Å². The van der Waals surface area contributed by atoms with Crippen molar-refractivity contribution in [1.82, 2.24) is 9.80 Å². The third kappa shape index (κ3) is 4.56. The van der Waals surface area contributed by atoms with Crippen molar-refractivity contribution in [3.8, 4) is 0 Å². The second-order valence-electron chi connectivity index (χ2n) is 6.75. The summed E-state index contributed by atoms with van der Waals surface area (Å²) in [5, 5.41) is 0. The summed E-state index contributed by atoms with van der Waals surface area (Å²) < 4.78 is 11.3. The Kier molecular flexibility index (Phi) is 6.24. The summed E-state index contributed by atoms with van der Waals surface area (Å²) in [6, 6.07) is 9.98. The van der Waals surface area contributed by atoms with E-state index in [2.05, 4.69) is 4.90 Å². The second-order valence-corrected chi connectivity index (χ2v) is 6.75. The lowest BCUT2D eigenvalue weighted by atomic mass is 9.93. The highest BCUT2D eigenvalue weighted by Crippen LogP contribution is 2.24. The highest BCUT2D eigenvalue weighted by atomic mass is 16.5. The maximum absolute atomic E-state index is 12.6. The fraction of sp³-hybridized carbons (Fsp3) is 0.632. The minimum atomic E-state index is 0.172. The number of hydrogen-bond acceptors (Lipinski definition) is 4. The molecule has 132 valence electrons. The summed E-state index contributed by atoms with van der Waals surface area (Å²) >= 11 is 0. The minimum absolute atomic E-state index is 0.172. The minimum Gasteiger partial charge on any atom is -0.383 e. The van der Waals surface area contributed by atoms with Gasteiger partial charge in [0.15, 0.2) is 0 Å². The second kappa shape index (κ2) is 8.60. The third-order valence-electron chi connectivity index (χ3n) is 5.09. The van der Waals surface area contributed by atoms with E-state index in [4.69, 9.17) is 9.47 Å². The number of hydrogen-bond donors (Lipinski definition) is 0. The molecule has 5 heteroatoms. The van der Waals surface area contributed by atoms with Crippen LogP contribution in [0, 0.1) is 5.92 Å². The molecule has 0 N–H and O–H groups in total. The van der Waals surface area contributed by atoms with Crippen molar-refractivity contribution in [3.63, 3.8) is 0 Å². The first kappa shape index (κ1) is 17.4. The fourth-order valence-electron chi connectivity index (χ4n) is 3.65. The van der Waals surface area contributed by atoms with E-state index in [9.17, 15) is 4.79 Å². The number of likely N-dealkylation sites (tertiary alicyclic amines) is 1. The van der Waals surface area contributed by atoms with Gasteiger partial charge in [-0.05, 0) is 12.0 Å². The molecule has 0 bridgehead atoms. The van der Waals surface area contributed by atoms with Crippen molar-refractivity contribution in [2.24, 2.45) is 5.92 Å². The molecule has 2 atom stereocenters. The first-order valence-electron chi connectivity index (χ1n) is 8.91. The fourth-order valence-corrected chi connectivity index (χ4v) is 3.65. The number of carbonyl (C=O) groups is 1. The van der Waals surface area contributed by atoms with E-state index in [1.807, 2.05) is 35.2 Å². The van der Waals surface area contributed by atoms with Crippen LogP contribution in [0.4, 0.5) is 0 Å². The van der Waals surface area contributed by atoms with Gasteiger partial charge >= 0.3 is 0 Å². The Balaban J connectivity index is 1.53. The maximum Gasteiger partial charge on any atom is 0.227 e. The number of ether oxygens (including phenoxy) is 2. The monoisotopic (exact) mass is 332 g/mol. The van der Waals surface area contributed by atoms with Crippen molar-refractivity contribution < 1.29 is 14.3 Å². The number of amides is 1. The predicted molar refractivity (Wildman–Crippen MR) is 92.9 cm³/mol. The molecule has 0 radical (unpaired) electrons. The Morgan fingerprint density at radius 2 is 2.08 bits per heavy atom. The van der Waals surface area contributed by atoms with Crippen LogP contribution in [0.3, 0.4) is 0 Å². The van der Waals surface area contributed by atoms with Gasteiger partial charge in [0.25, 0.3) is 0 Å². The number of benzene rings is 1. The summed E-state index contributed by atoms with van der Waals surface area (Å²) in [5.74, 6) is 0.730. The van der Waals surface area contributed by atoms with Crippen LogP contribution in [-0.4, -0.2) is 74.9 Å². The lowest BCUT2D eigenvalue weighted by Crippen LogP contribution is -2.49. The zero-order chi connectivity index (χ0) is 16.8. The summed E-state index contributed by atoms with van der Waals surface area (Å²) in [5.41, 5.74) is 1.08. The molecule has 1 aromatic carbocycles. The maximum atomic E-state index is 12.6. The van der Waals surface area contributed by atoms with E-state index < -0.39 is 0 Å². The summed E-state index contributed by atoms with van der Waals surface area (Å²) in [7, 11) is 1.74. The van der Waals surface area contributed by atoms with Crippen LogP contribution in [0.5, 0.6) is 0 Å². The van der Waals surface area contributed by atoms with Crippen molar-refractivity contribution in [2.75, 3.05) is 53.0 Å². The Labute approximate surface area is 144 Å². The lowest BCUT2D eigenvalue weighted by Gasteiger charge is -2.38. The van der Waals surface area contributed by atoms with Gasteiger partial charge in [-0.1, -0.05) is 30.3 Å². The normalized spacial score (nSPS) is 25.1. The number of carbonyl (C=O) groups excluding carboxylic acids is 1. The van der Waals surface area contributed by atoms with E-state index in [1.54, 1.807) is 7.11 Å². The molecule has 2 saturated heterocycles. The molecule has 24 heavy (non-hydrogen) atoms. The molecule has 2 heterocycles. The number of methoxy groups -OCH3 is 1. The van der Waals surface area contributed by atoms with Gasteiger partial charge in [-0.3, -0.25) is 9.69 Å². The molecule has 0 saturated carbocycles. The number of piperidine rings is 1. The van der Waals surface area contributed by atoms with E-state index >= 15 is 0 Å². The molecule has 2 fully saturated rings. The molecule has 0 unspecified atom stereocenters. The lowest BCUT2D eigenvalue weighted by molar-refractivity contribution is -0.136. The van der Waals surface area contributed by atoms with Crippen molar-refractivity contribution in [1.29, 1.82) is 0 Å². The number of fused-ring (bicyclic) bond motifs is 1. The zero-order valence-corrected chi connectivity index (χ0v) is 14.5. The van der Waals surface area contributed by atoms with Crippen LogP contribution in [0.25, 0.3) is 0 Å². The van der Waals surface area contributed by atoms with Gasteiger partial charge in [-0.15, -0.1) is 0 Å². The van der Waals surface area contributed by atoms with Crippen LogP contribution in [0.2, 0.25) is 0 Å². The predicted octanol–water partition coefficient (Wildman–Crippen LogP) is 1.42. The van der Waals surface area contributed by atoms with Crippen LogP contribution in [0.15, 0.2) is 30.3 Å².